The van der Waals surface area contributed by atoms with Crippen molar-refractivity contribution in [1.29, 1.82) is 0 Å². The molecule has 3 nitrogen and oxygen atoms in total. The lowest BCUT2D eigenvalue weighted by atomic mass is 9.91. The van der Waals surface area contributed by atoms with Gasteiger partial charge in [0.15, 0.2) is 0 Å². The van der Waals surface area contributed by atoms with E-state index in [1.54, 1.807) is 0 Å². The van der Waals surface area contributed by atoms with Crippen LogP contribution in [0.4, 0.5) is 0 Å². The standard InChI is InChI=1S/C13H25NO2S/c1-3-16-13(15)12(14)8-9-17-11-6-4-10(2)5-7-11/h10-12H,3-9,14H2,1-2H3. The van der Waals surface area contributed by atoms with E-state index in [1.165, 1.54) is 25.7 Å². The molecule has 1 unspecified atom stereocenters. The Morgan fingerprint density at radius 3 is 2.65 bits per heavy atom. The summed E-state index contributed by atoms with van der Waals surface area (Å²) in [5.41, 5.74) is 5.75. The van der Waals surface area contributed by atoms with E-state index in [9.17, 15) is 4.79 Å². The lowest BCUT2D eigenvalue weighted by Gasteiger charge is -2.25. The van der Waals surface area contributed by atoms with Crippen LogP contribution in [0.5, 0.6) is 0 Å². The molecule has 0 saturated heterocycles. The number of hydrogen-bond donors (Lipinski definition) is 1. The van der Waals surface area contributed by atoms with Crippen molar-refractivity contribution in [2.75, 3.05) is 12.4 Å². The molecule has 1 fully saturated rings. The van der Waals surface area contributed by atoms with Gasteiger partial charge in [-0.1, -0.05) is 6.92 Å². The minimum absolute atomic E-state index is 0.259. The van der Waals surface area contributed by atoms with Crippen molar-refractivity contribution in [3.8, 4) is 0 Å². The summed E-state index contributed by atoms with van der Waals surface area (Å²) in [4.78, 5) is 11.3. The third kappa shape index (κ3) is 5.77. The molecule has 0 radical (unpaired) electrons. The average molecular weight is 259 g/mol. The van der Waals surface area contributed by atoms with Crippen LogP contribution in [0, 0.1) is 5.92 Å². The summed E-state index contributed by atoms with van der Waals surface area (Å²) in [7, 11) is 0. The summed E-state index contributed by atoms with van der Waals surface area (Å²) in [6.07, 6.45) is 6.07. The molecule has 4 heteroatoms. The first-order chi connectivity index (χ1) is 8.13. The maximum absolute atomic E-state index is 11.3. The Morgan fingerprint density at radius 2 is 2.06 bits per heavy atom. The molecule has 1 rings (SSSR count). The summed E-state index contributed by atoms with van der Waals surface area (Å²) in [6, 6.07) is -0.440. The SMILES string of the molecule is CCOC(=O)C(N)CCSC1CCC(C)CC1. The number of thioether (sulfide) groups is 1. The highest BCUT2D eigenvalue weighted by Crippen LogP contribution is 2.31. The van der Waals surface area contributed by atoms with E-state index in [1.807, 2.05) is 18.7 Å². The van der Waals surface area contributed by atoms with E-state index in [0.717, 1.165) is 23.3 Å². The molecule has 0 aromatic carbocycles. The van der Waals surface area contributed by atoms with Gasteiger partial charge < -0.3 is 10.5 Å². The van der Waals surface area contributed by atoms with Gasteiger partial charge in [-0.2, -0.15) is 11.8 Å². The van der Waals surface area contributed by atoms with E-state index in [2.05, 4.69) is 6.92 Å². The Kier molecular flexibility index (Phi) is 6.97. The van der Waals surface area contributed by atoms with Gasteiger partial charge in [0, 0.05) is 5.25 Å². The first kappa shape index (κ1) is 14.8. The third-order valence-electron chi connectivity index (χ3n) is 3.33. The van der Waals surface area contributed by atoms with E-state index >= 15 is 0 Å². The van der Waals surface area contributed by atoms with E-state index < -0.39 is 6.04 Å². The van der Waals surface area contributed by atoms with Gasteiger partial charge in [-0.05, 0) is 50.7 Å². The van der Waals surface area contributed by atoms with Crippen LogP contribution in [-0.2, 0) is 9.53 Å². The Balaban J connectivity index is 2.09. The summed E-state index contributed by atoms with van der Waals surface area (Å²) in [5.74, 6) is 1.61. The second-order valence-corrected chi connectivity index (χ2v) is 6.31. The highest BCUT2D eigenvalue weighted by molar-refractivity contribution is 7.99. The number of rotatable bonds is 6. The largest absolute Gasteiger partial charge is 0.465 e. The molecule has 2 N–H and O–H groups in total. The number of ether oxygens (including phenoxy) is 1. The van der Waals surface area contributed by atoms with Crippen LogP contribution < -0.4 is 5.73 Å². The third-order valence-corrected chi connectivity index (χ3v) is 4.75. The number of carbonyl (C=O) groups is 1. The minimum atomic E-state index is -0.440. The van der Waals surface area contributed by atoms with Gasteiger partial charge in [-0.15, -0.1) is 0 Å². The zero-order chi connectivity index (χ0) is 12.7. The van der Waals surface area contributed by atoms with E-state index in [0.29, 0.717) is 6.61 Å². The fourth-order valence-electron chi connectivity index (χ4n) is 2.12. The fourth-order valence-corrected chi connectivity index (χ4v) is 3.45. The molecule has 0 amide bonds. The molecule has 0 aromatic rings. The summed E-state index contributed by atoms with van der Waals surface area (Å²) >= 11 is 1.98. The Labute approximate surface area is 109 Å². The van der Waals surface area contributed by atoms with Crippen molar-refractivity contribution >= 4 is 17.7 Å². The number of nitrogens with two attached hydrogens (primary N) is 1. The monoisotopic (exact) mass is 259 g/mol. The van der Waals surface area contributed by atoms with Crippen molar-refractivity contribution in [2.24, 2.45) is 11.7 Å². The number of esters is 1. The van der Waals surface area contributed by atoms with Gasteiger partial charge in [0.2, 0.25) is 0 Å². The van der Waals surface area contributed by atoms with Gasteiger partial charge in [-0.25, -0.2) is 0 Å². The molecule has 0 aromatic heterocycles. The molecule has 1 aliphatic carbocycles. The maximum atomic E-state index is 11.3. The van der Waals surface area contributed by atoms with Gasteiger partial charge >= 0.3 is 5.97 Å². The highest BCUT2D eigenvalue weighted by Gasteiger charge is 2.19. The maximum Gasteiger partial charge on any atom is 0.322 e. The minimum Gasteiger partial charge on any atom is -0.465 e. The molecular formula is C13H25NO2S. The Hall–Kier alpha value is -0.220. The first-order valence-corrected chi connectivity index (χ1v) is 7.72. The lowest BCUT2D eigenvalue weighted by molar-refractivity contribution is -0.144. The normalized spacial score (nSPS) is 26.5. The summed E-state index contributed by atoms with van der Waals surface area (Å²) in [6.45, 7) is 4.56. The number of hydrogen-bond acceptors (Lipinski definition) is 4. The van der Waals surface area contributed by atoms with Crippen LogP contribution in [0.2, 0.25) is 0 Å². The van der Waals surface area contributed by atoms with Crippen molar-refractivity contribution in [3.05, 3.63) is 0 Å². The van der Waals surface area contributed by atoms with Crippen LogP contribution in [0.1, 0.15) is 46.0 Å². The van der Waals surface area contributed by atoms with Gasteiger partial charge in [0.25, 0.3) is 0 Å². The quantitative estimate of drug-likeness (QED) is 0.745. The van der Waals surface area contributed by atoms with E-state index in [4.69, 9.17) is 10.5 Å². The molecule has 0 spiro atoms. The molecule has 100 valence electrons. The van der Waals surface area contributed by atoms with Crippen molar-refractivity contribution < 1.29 is 9.53 Å². The Morgan fingerprint density at radius 1 is 1.41 bits per heavy atom. The zero-order valence-electron chi connectivity index (χ0n) is 11.0. The molecule has 1 saturated carbocycles. The van der Waals surface area contributed by atoms with Crippen LogP contribution in [0.25, 0.3) is 0 Å². The molecule has 1 aliphatic rings. The predicted molar refractivity (Wildman–Crippen MR) is 73.1 cm³/mol. The zero-order valence-corrected chi connectivity index (χ0v) is 11.8. The lowest BCUT2D eigenvalue weighted by Crippen LogP contribution is -2.33. The van der Waals surface area contributed by atoms with E-state index in [-0.39, 0.29) is 5.97 Å². The second-order valence-electron chi connectivity index (χ2n) is 4.90. The number of carbonyl (C=O) groups excluding carboxylic acids is 1. The smallest absolute Gasteiger partial charge is 0.322 e. The summed E-state index contributed by atoms with van der Waals surface area (Å²) < 4.78 is 4.89. The van der Waals surface area contributed by atoms with Crippen LogP contribution in [-0.4, -0.2) is 29.6 Å². The summed E-state index contributed by atoms with van der Waals surface area (Å²) in [5, 5.41) is 0.778. The second kappa shape index (κ2) is 7.98. The van der Waals surface area contributed by atoms with Crippen LogP contribution in [0.3, 0.4) is 0 Å². The van der Waals surface area contributed by atoms with Gasteiger partial charge in [0.05, 0.1) is 6.61 Å². The van der Waals surface area contributed by atoms with Crippen LogP contribution in [0.15, 0.2) is 0 Å². The molecule has 0 heterocycles. The van der Waals surface area contributed by atoms with Crippen molar-refractivity contribution in [2.45, 2.75) is 57.2 Å². The molecule has 0 bridgehead atoms. The molecule has 17 heavy (non-hydrogen) atoms. The van der Waals surface area contributed by atoms with Crippen molar-refractivity contribution in [1.82, 2.24) is 0 Å². The molecular weight excluding hydrogens is 234 g/mol. The average Bonchev–Trinajstić information content (AvgIpc) is 2.32. The van der Waals surface area contributed by atoms with Crippen LogP contribution >= 0.6 is 11.8 Å². The highest BCUT2D eigenvalue weighted by atomic mass is 32.2. The fraction of sp³-hybridized carbons (Fsp3) is 0.923. The van der Waals surface area contributed by atoms with Gasteiger partial charge in [0.1, 0.15) is 6.04 Å². The topological polar surface area (TPSA) is 52.3 Å². The predicted octanol–water partition coefficient (Wildman–Crippen LogP) is 2.58. The van der Waals surface area contributed by atoms with Gasteiger partial charge in [-0.3, -0.25) is 4.79 Å². The molecule has 0 aliphatic heterocycles. The molecule has 1 atom stereocenters. The van der Waals surface area contributed by atoms with Crippen molar-refractivity contribution in [3.63, 3.8) is 0 Å². The first-order valence-electron chi connectivity index (χ1n) is 6.67. The Bertz CT molecular complexity index is 227.